The molecule has 0 bridgehead atoms. The lowest BCUT2D eigenvalue weighted by atomic mass is 10.0. The Morgan fingerprint density at radius 1 is 0.253 bits per heavy atom. The van der Waals surface area contributed by atoms with Gasteiger partial charge in [-0.15, -0.1) is 0 Å². The van der Waals surface area contributed by atoms with Crippen LogP contribution in [-0.2, 0) is 28.6 Å². The molecular weight excluding hydrogens is 1020 g/mol. The van der Waals surface area contributed by atoms with Gasteiger partial charge in [-0.1, -0.05) is 325 Å². The molecule has 0 amide bonds. The van der Waals surface area contributed by atoms with Crippen LogP contribution in [0.5, 0.6) is 0 Å². The Bertz CT molecular complexity index is 1520. The van der Waals surface area contributed by atoms with Crippen molar-refractivity contribution in [1.82, 2.24) is 0 Å². The van der Waals surface area contributed by atoms with Gasteiger partial charge in [0.25, 0.3) is 0 Å². The minimum Gasteiger partial charge on any atom is -0.462 e. The Morgan fingerprint density at radius 2 is 0.470 bits per heavy atom. The molecule has 0 heterocycles. The third-order valence-corrected chi connectivity index (χ3v) is 16.2. The van der Waals surface area contributed by atoms with Crippen molar-refractivity contribution in [3.63, 3.8) is 0 Å². The second-order valence-corrected chi connectivity index (χ2v) is 24.5. The number of rotatable bonds is 67. The van der Waals surface area contributed by atoms with E-state index in [1.807, 2.05) is 0 Å². The van der Waals surface area contributed by atoms with Gasteiger partial charge in [-0.3, -0.25) is 14.4 Å². The summed E-state index contributed by atoms with van der Waals surface area (Å²) in [6.07, 6.45) is 93.5. The Morgan fingerprint density at radius 3 is 0.747 bits per heavy atom. The highest BCUT2D eigenvalue weighted by Crippen LogP contribution is 2.18. The molecule has 0 rings (SSSR count). The Balaban J connectivity index is 4.34. The highest BCUT2D eigenvalue weighted by molar-refractivity contribution is 5.71. The first-order chi connectivity index (χ1) is 41.0. The lowest BCUT2D eigenvalue weighted by Gasteiger charge is -2.18. The number of hydrogen-bond donors (Lipinski definition) is 0. The highest BCUT2D eigenvalue weighted by atomic mass is 16.6. The third kappa shape index (κ3) is 69.5. The van der Waals surface area contributed by atoms with Crippen molar-refractivity contribution < 1.29 is 28.6 Å². The lowest BCUT2D eigenvalue weighted by Crippen LogP contribution is -2.30. The second-order valence-electron chi connectivity index (χ2n) is 24.5. The molecule has 0 aromatic rings. The van der Waals surface area contributed by atoms with Gasteiger partial charge < -0.3 is 14.2 Å². The quantitative estimate of drug-likeness (QED) is 0.0261. The van der Waals surface area contributed by atoms with Gasteiger partial charge >= 0.3 is 17.9 Å². The van der Waals surface area contributed by atoms with Gasteiger partial charge in [0, 0.05) is 19.3 Å². The van der Waals surface area contributed by atoms with Gasteiger partial charge in [-0.25, -0.2) is 0 Å². The fourth-order valence-electron chi connectivity index (χ4n) is 10.7. The molecule has 0 radical (unpaired) electrons. The summed E-state index contributed by atoms with van der Waals surface area (Å²) < 4.78 is 17.0. The standard InChI is InChI=1S/C77H138O6/c1-4-7-10-13-16-19-22-25-28-31-34-36-37-38-39-41-43-46-49-52-55-58-61-64-67-70-76(79)82-73-74(72-81-75(78)69-66-63-60-57-54-51-48-45-42-33-30-27-24-21-18-15-12-9-6-3)83-77(80)71-68-65-62-59-56-53-50-47-44-40-35-32-29-26-23-20-17-14-11-8-5-2/h7,10,16,19,25,27-28,30,32,34-36,74H,4-6,8-9,11-15,17-18,20-24,26,29,31,33,37-73H2,1-3H3/b10-7-,19-16-,28-25-,30-27-,35-32-,36-34-. The lowest BCUT2D eigenvalue weighted by molar-refractivity contribution is -0.167. The maximum atomic E-state index is 13.0. The monoisotopic (exact) mass is 1160 g/mol. The van der Waals surface area contributed by atoms with Gasteiger partial charge in [0.2, 0.25) is 0 Å². The summed E-state index contributed by atoms with van der Waals surface area (Å²) in [5.41, 5.74) is 0. The minimum absolute atomic E-state index is 0.0744. The molecule has 0 saturated heterocycles. The van der Waals surface area contributed by atoms with Gasteiger partial charge in [0.05, 0.1) is 0 Å². The van der Waals surface area contributed by atoms with Crippen LogP contribution in [0, 0.1) is 0 Å². The van der Waals surface area contributed by atoms with Gasteiger partial charge in [0.1, 0.15) is 13.2 Å². The summed E-state index contributed by atoms with van der Waals surface area (Å²) in [5, 5.41) is 0. The first kappa shape index (κ1) is 79.8. The Hall–Kier alpha value is -3.15. The highest BCUT2D eigenvalue weighted by Gasteiger charge is 2.19. The number of unbranched alkanes of at least 4 members (excludes halogenated alkanes) is 44. The maximum Gasteiger partial charge on any atom is 0.306 e. The van der Waals surface area contributed by atoms with E-state index in [1.165, 1.54) is 257 Å². The Labute approximate surface area is 516 Å². The van der Waals surface area contributed by atoms with Crippen molar-refractivity contribution in [2.45, 2.75) is 386 Å². The number of carbonyl (C=O) groups is 3. The van der Waals surface area contributed by atoms with E-state index in [0.717, 1.165) is 83.5 Å². The molecule has 0 saturated carbocycles. The van der Waals surface area contributed by atoms with Gasteiger partial charge in [-0.05, 0) is 109 Å². The predicted octanol–water partition coefficient (Wildman–Crippen LogP) is 25.2. The average Bonchev–Trinajstić information content (AvgIpc) is 3.50. The van der Waals surface area contributed by atoms with Crippen molar-refractivity contribution in [1.29, 1.82) is 0 Å². The summed E-state index contributed by atoms with van der Waals surface area (Å²) in [4.78, 5) is 38.5. The first-order valence-electron chi connectivity index (χ1n) is 36.4. The van der Waals surface area contributed by atoms with E-state index in [1.54, 1.807) is 0 Å². The van der Waals surface area contributed by atoms with Crippen molar-refractivity contribution in [3.05, 3.63) is 72.9 Å². The summed E-state index contributed by atoms with van der Waals surface area (Å²) in [6.45, 7) is 6.58. The fourth-order valence-corrected chi connectivity index (χ4v) is 10.7. The van der Waals surface area contributed by atoms with Crippen LogP contribution in [0.25, 0.3) is 0 Å². The number of hydrogen-bond acceptors (Lipinski definition) is 6. The van der Waals surface area contributed by atoms with E-state index < -0.39 is 6.10 Å². The molecule has 0 aliphatic carbocycles. The molecule has 83 heavy (non-hydrogen) atoms. The number of carbonyl (C=O) groups excluding carboxylic acids is 3. The van der Waals surface area contributed by atoms with E-state index in [9.17, 15) is 14.4 Å². The van der Waals surface area contributed by atoms with Crippen LogP contribution in [0.2, 0.25) is 0 Å². The molecule has 6 heteroatoms. The summed E-state index contributed by atoms with van der Waals surface area (Å²) in [7, 11) is 0. The van der Waals surface area contributed by atoms with Crippen LogP contribution in [0.1, 0.15) is 380 Å². The summed E-state index contributed by atoms with van der Waals surface area (Å²) in [5.74, 6) is -0.856. The van der Waals surface area contributed by atoms with E-state index in [-0.39, 0.29) is 31.1 Å². The van der Waals surface area contributed by atoms with Crippen LogP contribution in [0.15, 0.2) is 72.9 Å². The summed E-state index contributed by atoms with van der Waals surface area (Å²) >= 11 is 0. The van der Waals surface area contributed by atoms with E-state index in [0.29, 0.717) is 19.3 Å². The van der Waals surface area contributed by atoms with E-state index in [2.05, 4.69) is 93.7 Å². The molecular formula is C77H138O6. The SMILES string of the molecule is CC/C=C\C/C=C\C/C=C\C/C=C\CCCCCCCCCCCCCCC(=O)OCC(COC(=O)CCCCCCCCCCC/C=C\CCCCCCCC)OC(=O)CCCCCCCCCCC/C=C\CCCCCCCCCC. The van der Waals surface area contributed by atoms with Crippen LogP contribution in [0.4, 0.5) is 0 Å². The van der Waals surface area contributed by atoms with Crippen LogP contribution < -0.4 is 0 Å². The third-order valence-electron chi connectivity index (χ3n) is 16.2. The molecule has 6 nitrogen and oxygen atoms in total. The Kier molecular flexibility index (Phi) is 68.6. The van der Waals surface area contributed by atoms with Gasteiger partial charge in [0.15, 0.2) is 6.10 Å². The maximum absolute atomic E-state index is 13.0. The van der Waals surface area contributed by atoms with E-state index >= 15 is 0 Å². The largest absolute Gasteiger partial charge is 0.462 e. The minimum atomic E-state index is -0.780. The van der Waals surface area contributed by atoms with Crippen molar-refractivity contribution in [2.75, 3.05) is 13.2 Å². The number of esters is 3. The zero-order chi connectivity index (χ0) is 59.9. The predicted molar refractivity (Wildman–Crippen MR) is 362 cm³/mol. The molecule has 0 aliphatic rings. The van der Waals surface area contributed by atoms with Crippen molar-refractivity contribution >= 4 is 17.9 Å². The molecule has 0 fully saturated rings. The molecule has 0 spiro atoms. The second kappa shape index (κ2) is 71.3. The molecule has 1 unspecified atom stereocenters. The molecule has 0 N–H and O–H groups in total. The summed E-state index contributed by atoms with van der Waals surface area (Å²) in [6, 6.07) is 0. The molecule has 0 aromatic carbocycles. The first-order valence-corrected chi connectivity index (χ1v) is 36.4. The fraction of sp³-hybridized carbons (Fsp3) is 0.805. The average molecular weight is 1160 g/mol. The molecule has 0 aliphatic heterocycles. The number of ether oxygens (including phenoxy) is 3. The van der Waals surface area contributed by atoms with Crippen LogP contribution >= 0.6 is 0 Å². The van der Waals surface area contributed by atoms with Crippen molar-refractivity contribution in [3.8, 4) is 0 Å². The smallest absolute Gasteiger partial charge is 0.306 e. The van der Waals surface area contributed by atoms with E-state index in [4.69, 9.17) is 14.2 Å². The molecule has 482 valence electrons. The number of allylic oxidation sites excluding steroid dienone is 12. The van der Waals surface area contributed by atoms with Crippen molar-refractivity contribution in [2.24, 2.45) is 0 Å². The molecule has 0 aromatic heterocycles. The van der Waals surface area contributed by atoms with Gasteiger partial charge in [-0.2, -0.15) is 0 Å². The zero-order valence-electron chi connectivity index (χ0n) is 55.5. The topological polar surface area (TPSA) is 78.9 Å². The molecule has 1 atom stereocenters. The van der Waals surface area contributed by atoms with Crippen LogP contribution in [-0.4, -0.2) is 37.2 Å². The van der Waals surface area contributed by atoms with Crippen LogP contribution in [0.3, 0.4) is 0 Å². The normalized spacial score (nSPS) is 12.5. The zero-order valence-corrected chi connectivity index (χ0v) is 55.5.